The molecular formula is C14H15NO2. The minimum atomic E-state index is -0.422. The summed E-state index contributed by atoms with van der Waals surface area (Å²) in [6.07, 6.45) is -0.574. The number of hydrogen-bond acceptors (Lipinski definition) is 3. The van der Waals surface area contributed by atoms with E-state index < -0.39 is 6.10 Å². The fourth-order valence-electron chi connectivity index (χ4n) is 2.22. The maximum atomic E-state index is 9.73. The van der Waals surface area contributed by atoms with Gasteiger partial charge in [0.1, 0.15) is 18.0 Å². The molecule has 0 aliphatic carbocycles. The van der Waals surface area contributed by atoms with Gasteiger partial charge >= 0.3 is 0 Å². The first kappa shape index (κ1) is 10.6. The zero-order valence-electron chi connectivity index (χ0n) is 9.47. The molecule has 3 rings (SSSR count). The van der Waals surface area contributed by atoms with Crippen LogP contribution in [0.2, 0.25) is 0 Å². The minimum Gasteiger partial charge on any atom is -0.486 e. The molecule has 1 saturated heterocycles. The second-order valence-corrected chi connectivity index (χ2v) is 4.36. The van der Waals surface area contributed by atoms with Gasteiger partial charge in [0.15, 0.2) is 0 Å². The summed E-state index contributed by atoms with van der Waals surface area (Å²) in [7, 11) is 0. The molecule has 3 nitrogen and oxygen atoms in total. The van der Waals surface area contributed by atoms with Crippen LogP contribution in [0.5, 0.6) is 5.75 Å². The maximum absolute atomic E-state index is 9.73. The van der Waals surface area contributed by atoms with Crippen LogP contribution in [0, 0.1) is 0 Å². The van der Waals surface area contributed by atoms with Gasteiger partial charge in [0.2, 0.25) is 0 Å². The highest BCUT2D eigenvalue weighted by molar-refractivity contribution is 5.88. The minimum absolute atomic E-state index is 0.152. The summed E-state index contributed by atoms with van der Waals surface area (Å²) in [4.78, 5) is 0. The van der Waals surface area contributed by atoms with Crippen LogP contribution in [0.4, 0.5) is 0 Å². The van der Waals surface area contributed by atoms with Crippen molar-refractivity contribution in [3.63, 3.8) is 0 Å². The van der Waals surface area contributed by atoms with E-state index in [1.807, 2.05) is 30.3 Å². The van der Waals surface area contributed by atoms with Crippen molar-refractivity contribution in [3.8, 4) is 5.75 Å². The molecule has 0 saturated carbocycles. The van der Waals surface area contributed by atoms with E-state index in [0.717, 1.165) is 16.5 Å². The predicted octanol–water partition coefficient (Wildman–Crippen LogP) is 1.55. The monoisotopic (exact) mass is 229 g/mol. The van der Waals surface area contributed by atoms with E-state index in [1.165, 1.54) is 0 Å². The number of nitrogens with one attached hydrogen (secondary N) is 1. The van der Waals surface area contributed by atoms with Gasteiger partial charge in [-0.3, -0.25) is 0 Å². The summed E-state index contributed by atoms with van der Waals surface area (Å²) in [6, 6.07) is 14.1. The zero-order chi connectivity index (χ0) is 11.7. The van der Waals surface area contributed by atoms with Crippen molar-refractivity contribution < 1.29 is 9.84 Å². The average Bonchev–Trinajstić information content (AvgIpc) is 2.76. The van der Waals surface area contributed by atoms with Gasteiger partial charge in [-0.2, -0.15) is 0 Å². The summed E-state index contributed by atoms with van der Waals surface area (Å²) in [6.45, 7) is 1.31. The lowest BCUT2D eigenvalue weighted by molar-refractivity contribution is 0.0748. The molecule has 0 aromatic heterocycles. The van der Waals surface area contributed by atoms with Gasteiger partial charge in [0.05, 0.1) is 0 Å². The second-order valence-electron chi connectivity index (χ2n) is 4.36. The molecule has 1 aliphatic heterocycles. The molecule has 0 spiro atoms. The van der Waals surface area contributed by atoms with Crippen LogP contribution in [0.3, 0.4) is 0 Å². The fourth-order valence-corrected chi connectivity index (χ4v) is 2.22. The summed E-state index contributed by atoms with van der Waals surface area (Å²) in [5, 5.41) is 15.1. The molecule has 88 valence electrons. The van der Waals surface area contributed by atoms with E-state index in [9.17, 15) is 5.11 Å². The third-order valence-electron chi connectivity index (χ3n) is 3.16. The molecule has 1 heterocycles. The first-order chi connectivity index (χ1) is 8.34. The van der Waals surface area contributed by atoms with Gasteiger partial charge in [0.25, 0.3) is 0 Å². The highest BCUT2D eigenvalue weighted by Gasteiger charge is 2.26. The van der Waals surface area contributed by atoms with Gasteiger partial charge < -0.3 is 15.2 Å². The van der Waals surface area contributed by atoms with Crippen LogP contribution in [-0.2, 0) is 0 Å². The third kappa shape index (κ3) is 1.99. The molecule has 1 fully saturated rings. The molecule has 0 unspecified atom stereocenters. The molecule has 2 aromatic carbocycles. The van der Waals surface area contributed by atoms with Gasteiger partial charge in [-0.25, -0.2) is 0 Å². The van der Waals surface area contributed by atoms with E-state index in [4.69, 9.17) is 4.74 Å². The van der Waals surface area contributed by atoms with Crippen molar-refractivity contribution >= 4 is 10.8 Å². The lowest BCUT2D eigenvalue weighted by Crippen LogP contribution is -2.29. The van der Waals surface area contributed by atoms with Crippen LogP contribution < -0.4 is 10.1 Å². The zero-order valence-corrected chi connectivity index (χ0v) is 9.47. The second kappa shape index (κ2) is 4.35. The molecule has 0 bridgehead atoms. The van der Waals surface area contributed by atoms with Crippen LogP contribution in [0.1, 0.15) is 0 Å². The molecule has 3 heteroatoms. The number of ether oxygens (including phenoxy) is 1. The Hall–Kier alpha value is -1.58. The Balaban J connectivity index is 1.94. The molecule has 17 heavy (non-hydrogen) atoms. The smallest absolute Gasteiger partial charge is 0.138 e. The number of benzene rings is 2. The van der Waals surface area contributed by atoms with E-state index in [1.54, 1.807) is 0 Å². The van der Waals surface area contributed by atoms with Gasteiger partial charge in [-0.15, -0.1) is 0 Å². The van der Waals surface area contributed by atoms with Crippen molar-refractivity contribution in [2.24, 2.45) is 0 Å². The standard InChI is InChI=1S/C14H15NO2/c16-12-8-15-9-14(12)17-13-7-3-5-10-4-1-2-6-11(10)13/h1-7,12,14-16H,8-9H2/t12-,14-/m0/s1. The highest BCUT2D eigenvalue weighted by Crippen LogP contribution is 2.26. The molecule has 2 atom stereocenters. The molecular weight excluding hydrogens is 214 g/mol. The molecule has 2 N–H and O–H groups in total. The number of rotatable bonds is 2. The number of aliphatic hydroxyl groups is 1. The van der Waals surface area contributed by atoms with E-state index in [-0.39, 0.29) is 6.10 Å². The Kier molecular flexibility index (Phi) is 2.71. The largest absolute Gasteiger partial charge is 0.486 e. The van der Waals surface area contributed by atoms with E-state index >= 15 is 0 Å². The van der Waals surface area contributed by atoms with Gasteiger partial charge in [-0.05, 0) is 11.5 Å². The Morgan fingerprint density at radius 3 is 2.71 bits per heavy atom. The van der Waals surface area contributed by atoms with Crippen LogP contribution in [0.25, 0.3) is 10.8 Å². The summed E-state index contributed by atoms with van der Waals surface area (Å²) in [5.74, 6) is 0.843. The fraction of sp³-hybridized carbons (Fsp3) is 0.286. The molecule has 2 aromatic rings. The third-order valence-corrected chi connectivity index (χ3v) is 3.16. The summed E-state index contributed by atoms with van der Waals surface area (Å²) >= 11 is 0. The lowest BCUT2D eigenvalue weighted by atomic mass is 10.1. The van der Waals surface area contributed by atoms with E-state index in [0.29, 0.717) is 13.1 Å². The first-order valence-corrected chi connectivity index (χ1v) is 5.88. The van der Waals surface area contributed by atoms with Crippen LogP contribution >= 0.6 is 0 Å². The molecule has 1 aliphatic rings. The number of aliphatic hydroxyl groups excluding tert-OH is 1. The summed E-state index contributed by atoms with van der Waals surface area (Å²) in [5.41, 5.74) is 0. The van der Waals surface area contributed by atoms with Crippen LogP contribution in [0.15, 0.2) is 42.5 Å². The van der Waals surface area contributed by atoms with Gasteiger partial charge in [0, 0.05) is 18.5 Å². The number of β-amino-alcohol motifs (C(OH)–C–C–N with tert-alkyl or cyclic N) is 1. The summed E-state index contributed by atoms with van der Waals surface area (Å²) < 4.78 is 5.89. The Morgan fingerprint density at radius 2 is 1.88 bits per heavy atom. The quantitative estimate of drug-likeness (QED) is 0.821. The van der Waals surface area contributed by atoms with Crippen molar-refractivity contribution in [3.05, 3.63) is 42.5 Å². The van der Waals surface area contributed by atoms with Gasteiger partial charge in [-0.1, -0.05) is 36.4 Å². The van der Waals surface area contributed by atoms with E-state index in [2.05, 4.69) is 17.4 Å². The average molecular weight is 229 g/mol. The van der Waals surface area contributed by atoms with Crippen molar-refractivity contribution in [2.45, 2.75) is 12.2 Å². The normalized spacial score (nSPS) is 24.1. The highest BCUT2D eigenvalue weighted by atomic mass is 16.5. The maximum Gasteiger partial charge on any atom is 0.138 e. The Morgan fingerprint density at radius 1 is 1.06 bits per heavy atom. The predicted molar refractivity (Wildman–Crippen MR) is 67.2 cm³/mol. The number of hydrogen-bond donors (Lipinski definition) is 2. The topological polar surface area (TPSA) is 41.5 Å². The Bertz CT molecular complexity index is 521. The number of fused-ring (bicyclic) bond motifs is 1. The van der Waals surface area contributed by atoms with Crippen molar-refractivity contribution in [1.29, 1.82) is 0 Å². The Labute approximate surface area is 100 Å². The molecule has 0 radical (unpaired) electrons. The van der Waals surface area contributed by atoms with Crippen LogP contribution in [-0.4, -0.2) is 30.4 Å². The lowest BCUT2D eigenvalue weighted by Gasteiger charge is -2.17. The SMILES string of the molecule is O[C@H]1CNC[C@@H]1Oc1cccc2ccccc12. The molecule has 0 amide bonds. The van der Waals surface area contributed by atoms with Crippen molar-refractivity contribution in [1.82, 2.24) is 5.32 Å². The first-order valence-electron chi connectivity index (χ1n) is 5.88. The van der Waals surface area contributed by atoms with Crippen molar-refractivity contribution in [2.75, 3.05) is 13.1 Å².